The zero-order chi connectivity index (χ0) is 14.8. The van der Waals surface area contributed by atoms with E-state index < -0.39 is 26.2 Å². The van der Waals surface area contributed by atoms with Crippen LogP contribution in [0, 0.1) is 12.3 Å². The molecular weight excluding hydrogens is 270 g/mol. The quantitative estimate of drug-likeness (QED) is 0.646. The summed E-state index contributed by atoms with van der Waals surface area (Å²) in [7, 11) is -1.41. The van der Waals surface area contributed by atoms with E-state index in [1.807, 2.05) is 0 Å². The van der Waals surface area contributed by atoms with Crippen molar-refractivity contribution in [3.05, 3.63) is 27.0 Å². The lowest BCUT2D eigenvalue weighted by molar-refractivity contribution is 0.460. The Balaban J connectivity index is 3.60. The fraction of sp³-hybridized carbons (Fsp3) is 0.455. The summed E-state index contributed by atoms with van der Waals surface area (Å²) in [6, 6.07) is 0. The van der Waals surface area contributed by atoms with Crippen molar-refractivity contribution >= 4 is 10.0 Å². The van der Waals surface area contributed by atoms with Crippen molar-refractivity contribution in [2.45, 2.75) is 11.8 Å². The molecule has 0 aromatic carbocycles. The van der Waals surface area contributed by atoms with E-state index in [1.54, 1.807) is 6.92 Å². The Morgan fingerprint density at radius 3 is 2.42 bits per heavy atom. The van der Waals surface area contributed by atoms with Gasteiger partial charge in [0, 0.05) is 26.8 Å². The number of hydrogen-bond donors (Lipinski definition) is 0. The Morgan fingerprint density at radius 1 is 1.37 bits per heavy atom. The summed E-state index contributed by atoms with van der Waals surface area (Å²) >= 11 is 0. The van der Waals surface area contributed by atoms with Crippen molar-refractivity contribution in [2.24, 2.45) is 14.1 Å². The largest absolute Gasteiger partial charge is 0.330 e. The van der Waals surface area contributed by atoms with Gasteiger partial charge < -0.3 is 4.57 Å². The first-order chi connectivity index (χ1) is 8.77. The molecule has 1 rings (SSSR count). The maximum atomic E-state index is 12.3. The molecule has 0 saturated carbocycles. The topological polar surface area (TPSA) is 81.4 Å². The van der Waals surface area contributed by atoms with Gasteiger partial charge in [-0.2, -0.15) is 4.31 Å². The van der Waals surface area contributed by atoms with Gasteiger partial charge >= 0.3 is 5.69 Å². The number of terminal acetylenes is 1. The van der Waals surface area contributed by atoms with Gasteiger partial charge in [0.15, 0.2) is 4.90 Å². The molecule has 0 atom stereocenters. The first-order valence-electron chi connectivity index (χ1n) is 5.47. The lowest BCUT2D eigenvalue weighted by Crippen LogP contribution is -2.42. The summed E-state index contributed by atoms with van der Waals surface area (Å²) < 4.78 is 27.4. The maximum Gasteiger partial charge on any atom is 0.330 e. The molecule has 0 aliphatic heterocycles. The molecule has 0 spiro atoms. The Bertz CT molecular complexity index is 737. The highest BCUT2D eigenvalue weighted by molar-refractivity contribution is 7.89. The minimum Gasteiger partial charge on any atom is -0.302 e. The minimum atomic E-state index is -4.01. The average molecular weight is 285 g/mol. The molecule has 0 saturated heterocycles. The van der Waals surface area contributed by atoms with Crippen LogP contribution in [-0.2, 0) is 24.1 Å². The number of aromatic nitrogens is 2. The van der Waals surface area contributed by atoms with E-state index >= 15 is 0 Å². The molecule has 19 heavy (non-hydrogen) atoms. The van der Waals surface area contributed by atoms with Gasteiger partial charge in [0.1, 0.15) is 0 Å². The number of rotatable bonds is 4. The fourth-order valence-corrected chi connectivity index (χ4v) is 3.07. The molecule has 7 nitrogen and oxygen atoms in total. The van der Waals surface area contributed by atoms with E-state index in [-0.39, 0.29) is 13.1 Å². The zero-order valence-electron chi connectivity index (χ0n) is 11.0. The monoisotopic (exact) mass is 285 g/mol. The molecule has 0 aliphatic carbocycles. The van der Waals surface area contributed by atoms with Crippen LogP contribution in [0.1, 0.15) is 6.92 Å². The van der Waals surface area contributed by atoms with Crippen molar-refractivity contribution in [3.63, 3.8) is 0 Å². The molecule has 8 heteroatoms. The highest BCUT2D eigenvalue weighted by Crippen LogP contribution is 2.09. The molecule has 0 amide bonds. The van der Waals surface area contributed by atoms with Gasteiger partial charge in [0.2, 0.25) is 0 Å². The molecular formula is C11H15N3O4S. The number of hydrogen-bond acceptors (Lipinski definition) is 4. The van der Waals surface area contributed by atoms with Gasteiger partial charge in [-0.25, -0.2) is 13.2 Å². The summed E-state index contributed by atoms with van der Waals surface area (Å²) in [6.07, 6.45) is 6.12. The van der Waals surface area contributed by atoms with Gasteiger partial charge in [-0.1, -0.05) is 12.8 Å². The van der Waals surface area contributed by atoms with Crippen molar-refractivity contribution in [3.8, 4) is 12.3 Å². The third-order valence-electron chi connectivity index (χ3n) is 2.65. The van der Waals surface area contributed by atoms with Crippen LogP contribution in [0.25, 0.3) is 0 Å². The second-order valence-electron chi connectivity index (χ2n) is 3.89. The van der Waals surface area contributed by atoms with Crippen molar-refractivity contribution in [1.29, 1.82) is 0 Å². The van der Waals surface area contributed by atoms with Gasteiger partial charge in [-0.15, -0.1) is 6.42 Å². The van der Waals surface area contributed by atoms with Crippen LogP contribution in [-0.4, -0.2) is 34.9 Å². The Morgan fingerprint density at radius 2 is 1.95 bits per heavy atom. The van der Waals surface area contributed by atoms with E-state index in [1.165, 1.54) is 14.1 Å². The summed E-state index contributed by atoms with van der Waals surface area (Å²) in [6.45, 7) is 1.62. The number of sulfonamides is 1. The number of nitrogens with zero attached hydrogens (tertiary/aromatic N) is 3. The lowest BCUT2D eigenvalue weighted by atomic mass is 10.6. The summed E-state index contributed by atoms with van der Waals surface area (Å²) in [5.41, 5.74) is -1.46. The predicted octanol–water partition coefficient (Wildman–Crippen LogP) is -1.27. The normalized spacial score (nSPS) is 11.5. The average Bonchev–Trinajstić information content (AvgIpc) is 2.37. The standard InChI is InChI=1S/C11H15N3O4S/c1-5-7-14(6-2)19(17,18)9-8-12(3)11(16)13(4)10(9)15/h1,8H,6-7H2,2-4H3. The zero-order valence-corrected chi connectivity index (χ0v) is 11.8. The van der Waals surface area contributed by atoms with Gasteiger partial charge in [-0.05, 0) is 0 Å². The minimum absolute atomic E-state index is 0.134. The summed E-state index contributed by atoms with van der Waals surface area (Å²) in [5.74, 6) is 2.22. The second-order valence-corrected chi connectivity index (χ2v) is 5.79. The molecule has 0 aliphatic rings. The smallest absolute Gasteiger partial charge is 0.302 e. The van der Waals surface area contributed by atoms with Crippen LogP contribution in [0.4, 0.5) is 0 Å². The van der Waals surface area contributed by atoms with Crippen LogP contribution in [0.3, 0.4) is 0 Å². The second kappa shape index (κ2) is 5.42. The first kappa shape index (κ1) is 15.2. The third-order valence-corrected chi connectivity index (χ3v) is 4.56. The van der Waals surface area contributed by atoms with E-state index in [0.29, 0.717) is 0 Å². The Labute approximate surface area is 111 Å². The van der Waals surface area contributed by atoms with Gasteiger partial charge in [-0.3, -0.25) is 9.36 Å². The molecule has 1 aromatic heterocycles. The molecule has 0 radical (unpaired) electrons. The first-order valence-corrected chi connectivity index (χ1v) is 6.91. The van der Waals surface area contributed by atoms with Gasteiger partial charge in [0.25, 0.3) is 15.6 Å². The number of aryl methyl sites for hydroxylation is 1. The maximum absolute atomic E-state index is 12.3. The SMILES string of the molecule is C#CCN(CC)S(=O)(=O)c1cn(C)c(=O)n(C)c1=O. The Hall–Kier alpha value is -1.85. The van der Waals surface area contributed by atoms with E-state index in [0.717, 1.165) is 19.6 Å². The predicted molar refractivity (Wildman–Crippen MR) is 70.2 cm³/mol. The molecule has 0 fully saturated rings. The molecule has 0 bridgehead atoms. The summed E-state index contributed by atoms with van der Waals surface area (Å²) in [5, 5.41) is 0. The summed E-state index contributed by atoms with van der Waals surface area (Å²) in [4.78, 5) is 23.0. The van der Waals surface area contributed by atoms with Crippen molar-refractivity contribution in [2.75, 3.05) is 13.1 Å². The molecule has 104 valence electrons. The van der Waals surface area contributed by atoms with Crippen molar-refractivity contribution < 1.29 is 8.42 Å². The third kappa shape index (κ3) is 2.62. The highest BCUT2D eigenvalue weighted by Gasteiger charge is 2.27. The van der Waals surface area contributed by atoms with Gasteiger partial charge in [0.05, 0.1) is 6.54 Å². The molecule has 0 unspecified atom stereocenters. The van der Waals surface area contributed by atoms with E-state index in [4.69, 9.17) is 6.42 Å². The molecule has 1 heterocycles. The Kier molecular flexibility index (Phi) is 4.34. The van der Waals surface area contributed by atoms with Crippen LogP contribution < -0.4 is 11.2 Å². The fourth-order valence-electron chi connectivity index (χ4n) is 1.56. The van der Waals surface area contributed by atoms with Crippen molar-refractivity contribution in [1.82, 2.24) is 13.4 Å². The molecule has 0 N–H and O–H groups in total. The van der Waals surface area contributed by atoms with E-state index in [2.05, 4.69) is 5.92 Å². The highest BCUT2D eigenvalue weighted by atomic mass is 32.2. The molecule has 1 aromatic rings. The van der Waals surface area contributed by atoms with Crippen LogP contribution >= 0.6 is 0 Å². The lowest BCUT2D eigenvalue weighted by Gasteiger charge is -2.18. The van der Waals surface area contributed by atoms with E-state index in [9.17, 15) is 18.0 Å². The van der Waals surface area contributed by atoms with Crippen LogP contribution in [0.15, 0.2) is 20.7 Å². The van der Waals surface area contributed by atoms with Crippen LogP contribution in [0.2, 0.25) is 0 Å². The van der Waals surface area contributed by atoms with Crippen LogP contribution in [0.5, 0.6) is 0 Å².